The van der Waals surface area contributed by atoms with Gasteiger partial charge >= 0.3 is 0 Å². The molecule has 0 aromatic heterocycles. The molecule has 1 N–H and O–H groups in total. The minimum absolute atomic E-state index is 0.0168. The summed E-state index contributed by atoms with van der Waals surface area (Å²) in [5.74, 6) is -0.574. The number of nitrogens with one attached hydrogen (secondary N) is 1. The van der Waals surface area contributed by atoms with Gasteiger partial charge in [0.15, 0.2) is 0 Å². The number of benzene rings is 3. The van der Waals surface area contributed by atoms with Gasteiger partial charge in [0.1, 0.15) is 5.82 Å². The Bertz CT molecular complexity index is 957. The smallest absolute Gasteiger partial charge is 0.258 e. The van der Waals surface area contributed by atoms with E-state index in [1.165, 1.54) is 12.1 Å². The predicted molar refractivity (Wildman–Crippen MR) is 107 cm³/mol. The molecule has 4 heteroatoms. The second-order valence-corrected chi connectivity index (χ2v) is 6.89. The summed E-state index contributed by atoms with van der Waals surface area (Å²) in [5.41, 5.74) is 3.36. The maximum absolute atomic E-state index is 13.6. The lowest BCUT2D eigenvalue weighted by atomic mass is 9.90. The summed E-state index contributed by atoms with van der Waals surface area (Å²) in [6.07, 6.45) is 0.771. The van der Waals surface area contributed by atoms with Crippen LogP contribution in [0.5, 0.6) is 0 Å². The molecule has 1 aliphatic heterocycles. The maximum atomic E-state index is 13.6. The van der Waals surface area contributed by atoms with Crippen LogP contribution in [0.15, 0.2) is 78.9 Å². The Morgan fingerprint density at radius 3 is 2.52 bits per heavy atom. The van der Waals surface area contributed by atoms with E-state index in [1.54, 1.807) is 17.0 Å². The molecule has 0 radical (unpaired) electrons. The van der Waals surface area contributed by atoms with Crippen LogP contribution < -0.4 is 10.2 Å². The second-order valence-electron chi connectivity index (χ2n) is 6.89. The van der Waals surface area contributed by atoms with Crippen LogP contribution in [0.1, 0.15) is 35.3 Å². The van der Waals surface area contributed by atoms with Gasteiger partial charge in [-0.1, -0.05) is 42.5 Å². The van der Waals surface area contributed by atoms with Crippen molar-refractivity contribution >= 4 is 17.3 Å². The van der Waals surface area contributed by atoms with Crippen LogP contribution >= 0.6 is 0 Å². The van der Waals surface area contributed by atoms with E-state index in [0.717, 1.165) is 23.4 Å². The quantitative estimate of drug-likeness (QED) is 0.676. The van der Waals surface area contributed by atoms with Crippen molar-refractivity contribution in [2.24, 2.45) is 0 Å². The Kier molecular flexibility index (Phi) is 4.63. The molecule has 0 spiro atoms. The molecule has 27 heavy (non-hydrogen) atoms. The number of fused-ring (bicyclic) bond motifs is 1. The zero-order chi connectivity index (χ0) is 18.8. The van der Waals surface area contributed by atoms with Gasteiger partial charge in [0.2, 0.25) is 0 Å². The summed E-state index contributed by atoms with van der Waals surface area (Å²) < 4.78 is 13.6. The Labute approximate surface area is 158 Å². The van der Waals surface area contributed by atoms with E-state index in [9.17, 15) is 9.18 Å². The van der Waals surface area contributed by atoms with Crippen molar-refractivity contribution in [3.8, 4) is 0 Å². The molecule has 0 bridgehead atoms. The molecule has 3 nitrogen and oxygen atoms in total. The molecule has 136 valence electrons. The van der Waals surface area contributed by atoms with Crippen molar-refractivity contribution in [3.05, 3.63) is 95.8 Å². The molecule has 0 unspecified atom stereocenters. The fraction of sp³-hybridized carbons (Fsp3) is 0.174. The molecule has 3 aromatic rings. The third-order valence-corrected chi connectivity index (χ3v) is 4.99. The van der Waals surface area contributed by atoms with E-state index < -0.39 is 5.82 Å². The molecular formula is C23H21FN2O. The molecule has 3 aromatic carbocycles. The molecule has 1 amide bonds. The van der Waals surface area contributed by atoms with Gasteiger partial charge in [-0.25, -0.2) is 4.39 Å². The molecule has 0 aliphatic carbocycles. The van der Waals surface area contributed by atoms with Gasteiger partial charge < -0.3 is 10.2 Å². The number of amides is 1. The Morgan fingerprint density at radius 2 is 1.74 bits per heavy atom. The minimum atomic E-state index is -0.401. The topological polar surface area (TPSA) is 32.3 Å². The molecule has 0 saturated carbocycles. The zero-order valence-electron chi connectivity index (χ0n) is 15.1. The molecule has 4 rings (SSSR count). The third-order valence-electron chi connectivity index (χ3n) is 4.99. The molecule has 0 fully saturated rings. The summed E-state index contributed by atoms with van der Waals surface area (Å²) in [6, 6.07) is 24.0. The van der Waals surface area contributed by atoms with E-state index in [-0.39, 0.29) is 18.0 Å². The lowest BCUT2D eigenvalue weighted by molar-refractivity contribution is 0.0973. The first kappa shape index (κ1) is 17.3. The number of nitrogens with zero attached hydrogens (tertiary/aromatic N) is 1. The van der Waals surface area contributed by atoms with Crippen LogP contribution in [0.4, 0.5) is 15.8 Å². The average molecular weight is 360 g/mol. The van der Waals surface area contributed by atoms with Crippen molar-refractivity contribution in [2.45, 2.75) is 25.4 Å². The van der Waals surface area contributed by atoms with Gasteiger partial charge in [-0.2, -0.15) is 0 Å². The second kappa shape index (κ2) is 7.23. The van der Waals surface area contributed by atoms with E-state index in [0.29, 0.717) is 5.56 Å². The number of halogens is 1. The normalized spacial score (nSPS) is 18.7. The summed E-state index contributed by atoms with van der Waals surface area (Å²) in [5, 5.41) is 3.58. The number of anilines is 2. The molecular weight excluding hydrogens is 339 g/mol. The number of para-hydroxylation sites is 2. The monoisotopic (exact) mass is 360 g/mol. The Hall–Kier alpha value is -3.14. The highest BCUT2D eigenvalue weighted by atomic mass is 19.1. The van der Waals surface area contributed by atoms with Gasteiger partial charge in [-0.05, 0) is 55.3 Å². The average Bonchev–Trinajstić information content (AvgIpc) is 2.68. The lowest BCUT2D eigenvalue weighted by Gasteiger charge is -2.40. The summed E-state index contributed by atoms with van der Waals surface area (Å²) in [6.45, 7) is 2.03. The fourth-order valence-electron chi connectivity index (χ4n) is 3.75. The SMILES string of the molecule is C[C@@H]1C[C@H](Nc2ccccc2)c2ccccc2N1C(=O)c1cccc(F)c1. The van der Waals surface area contributed by atoms with E-state index in [2.05, 4.69) is 5.32 Å². The van der Waals surface area contributed by atoms with Crippen molar-refractivity contribution < 1.29 is 9.18 Å². The first-order valence-corrected chi connectivity index (χ1v) is 9.13. The summed E-state index contributed by atoms with van der Waals surface area (Å²) in [4.78, 5) is 14.9. The van der Waals surface area contributed by atoms with Gasteiger partial charge in [0.05, 0.1) is 6.04 Å². The summed E-state index contributed by atoms with van der Waals surface area (Å²) >= 11 is 0. The van der Waals surface area contributed by atoms with E-state index >= 15 is 0 Å². The molecule has 2 atom stereocenters. The van der Waals surface area contributed by atoms with Crippen LogP contribution in [0.3, 0.4) is 0 Å². The highest BCUT2D eigenvalue weighted by Crippen LogP contribution is 2.39. The number of carbonyl (C=O) groups excluding carboxylic acids is 1. The predicted octanol–water partition coefficient (Wildman–Crippen LogP) is 5.42. The molecule has 1 aliphatic rings. The highest BCUT2D eigenvalue weighted by Gasteiger charge is 2.34. The van der Waals surface area contributed by atoms with Gasteiger partial charge in [0, 0.05) is 23.0 Å². The Balaban J connectivity index is 1.70. The van der Waals surface area contributed by atoms with Crippen molar-refractivity contribution in [1.29, 1.82) is 0 Å². The third kappa shape index (κ3) is 3.43. The molecule has 0 saturated heterocycles. The largest absolute Gasteiger partial charge is 0.378 e. The summed E-state index contributed by atoms with van der Waals surface area (Å²) in [7, 11) is 0. The van der Waals surface area contributed by atoms with Crippen molar-refractivity contribution in [3.63, 3.8) is 0 Å². The first-order valence-electron chi connectivity index (χ1n) is 9.13. The Morgan fingerprint density at radius 1 is 1.00 bits per heavy atom. The van der Waals surface area contributed by atoms with Crippen LogP contribution in [0.25, 0.3) is 0 Å². The minimum Gasteiger partial charge on any atom is -0.378 e. The number of rotatable bonds is 3. The maximum Gasteiger partial charge on any atom is 0.258 e. The van der Waals surface area contributed by atoms with E-state index in [4.69, 9.17) is 0 Å². The highest BCUT2D eigenvalue weighted by molar-refractivity contribution is 6.07. The van der Waals surface area contributed by atoms with Crippen LogP contribution in [0, 0.1) is 5.82 Å². The number of carbonyl (C=O) groups is 1. The number of hydrogen-bond acceptors (Lipinski definition) is 2. The van der Waals surface area contributed by atoms with Crippen LogP contribution in [-0.4, -0.2) is 11.9 Å². The van der Waals surface area contributed by atoms with Crippen molar-refractivity contribution in [1.82, 2.24) is 0 Å². The van der Waals surface area contributed by atoms with Crippen molar-refractivity contribution in [2.75, 3.05) is 10.2 Å². The lowest BCUT2D eigenvalue weighted by Crippen LogP contribution is -2.44. The van der Waals surface area contributed by atoms with Crippen LogP contribution in [0.2, 0.25) is 0 Å². The standard InChI is InChI=1S/C23H21FN2O/c1-16-14-21(25-19-10-3-2-4-11-19)20-12-5-6-13-22(20)26(16)23(27)17-8-7-9-18(24)15-17/h2-13,15-16,21,25H,14H2,1H3/t16-,21+/m1/s1. The van der Waals surface area contributed by atoms with Crippen LogP contribution in [-0.2, 0) is 0 Å². The first-order chi connectivity index (χ1) is 13.1. The fourth-order valence-corrected chi connectivity index (χ4v) is 3.75. The number of hydrogen-bond donors (Lipinski definition) is 1. The zero-order valence-corrected chi connectivity index (χ0v) is 15.1. The van der Waals surface area contributed by atoms with E-state index in [1.807, 2.05) is 61.5 Å². The van der Waals surface area contributed by atoms with Gasteiger partial charge in [-0.15, -0.1) is 0 Å². The van der Waals surface area contributed by atoms with Gasteiger partial charge in [0.25, 0.3) is 5.91 Å². The molecule has 1 heterocycles. The van der Waals surface area contributed by atoms with Gasteiger partial charge in [-0.3, -0.25) is 4.79 Å².